The molecule has 1 aromatic carbocycles. The lowest BCUT2D eigenvalue weighted by molar-refractivity contribution is -0.128. The van der Waals surface area contributed by atoms with Crippen molar-refractivity contribution in [1.82, 2.24) is 5.32 Å². The van der Waals surface area contributed by atoms with Crippen LogP contribution in [0.5, 0.6) is 5.75 Å². The lowest BCUT2D eigenvalue weighted by Crippen LogP contribution is -2.53. The highest BCUT2D eigenvalue weighted by atomic mass is 35.5. The van der Waals surface area contributed by atoms with Crippen molar-refractivity contribution in [3.63, 3.8) is 0 Å². The minimum Gasteiger partial charge on any atom is -0.491 e. The molecular formula is C19H31ClN2O3. The summed E-state index contributed by atoms with van der Waals surface area (Å²) < 4.78 is 5.64. The Morgan fingerprint density at radius 3 is 2.80 bits per heavy atom. The number of halogens is 1. The quantitative estimate of drug-likeness (QED) is 0.718. The molecule has 5 nitrogen and oxygen atoms in total. The fourth-order valence-corrected chi connectivity index (χ4v) is 3.29. The van der Waals surface area contributed by atoms with E-state index >= 15 is 0 Å². The van der Waals surface area contributed by atoms with E-state index < -0.39 is 11.6 Å². The number of benzene rings is 1. The number of nitrogens with one attached hydrogen (secondary N) is 1. The van der Waals surface area contributed by atoms with E-state index in [2.05, 4.69) is 5.32 Å². The molecule has 3 unspecified atom stereocenters. The summed E-state index contributed by atoms with van der Waals surface area (Å²) in [6, 6.07) is 7.34. The number of hydrogen-bond acceptors (Lipinski definition) is 4. The van der Waals surface area contributed by atoms with Gasteiger partial charge in [-0.2, -0.15) is 0 Å². The molecule has 142 valence electrons. The Morgan fingerprint density at radius 1 is 1.44 bits per heavy atom. The molecule has 3 atom stereocenters. The first-order chi connectivity index (χ1) is 11.3. The molecular weight excluding hydrogens is 340 g/mol. The van der Waals surface area contributed by atoms with E-state index in [9.17, 15) is 9.90 Å². The molecule has 0 spiro atoms. The van der Waals surface area contributed by atoms with E-state index in [4.69, 9.17) is 10.5 Å². The maximum atomic E-state index is 12.4. The Labute approximate surface area is 156 Å². The molecule has 1 aliphatic rings. The van der Waals surface area contributed by atoms with Crippen LogP contribution in [-0.2, 0) is 4.79 Å². The first-order valence-electron chi connectivity index (χ1n) is 8.81. The van der Waals surface area contributed by atoms with Gasteiger partial charge in [-0.05, 0) is 51.3 Å². The number of aliphatic hydroxyl groups is 1. The molecule has 1 aromatic rings. The van der Waals surface area contributed by atoms with Crippen LogP contribution in [0.1, 0.15) is 58.1 Å². The van der Waals surface area contributed by atoms with Gasteiger partial charge in [0.15, 0.2) is 0 Å². The molecule has 6 heteroatoms. The van der Waals surface area contributed by atoms with Crippen molar-refractivity contribution in [2.75, 3.05) is 6.54 Å². The molecule has 1 amide bonds. The number of ether oxygens (including phenoxy) is 1. The highest BCUT2D eigenvalue weighted by Gasteiger charge is 2.37. The van der Waals surface area contributed by atoms with Gasteiger partial charge in [0.05, 0.1) is 18.1 Å². The van der Waals surface area contributed by atoms with Gasteiger partial charge in [0.2, 0.25) is 5.91 Å². The van der Waals surface area contributed by atoms with Gasteiger partial charge in [-0.15, -0.1) is 12.4 Å². The topological polar surface area (TPSA) is 84.6 Å². The number of nitrogens with two attached hydrogens (primary N) is 1. The third-order valence-corrected chi connectivity index (χ3v) is 4.66. The van der Waals surface area contributed by atoms with Gasteiger partial charge < -0.3 is 20.9 Å². The van der Waals surface area contributed by atoms with Gasteiger partial charge >= 0.3 is 0 Å². The molecule has 25 heavy (non-hydrogen) atoms. The van der Waals surface area contributed by atoms with E-state index in [1.54, 1.807) is 0 Å². The van der Waals surface area contributed by atoms with Crippen LogP contribution >= 0.6 is 12.4 Å². The Hall–Kier alpha value is -1.30. The average Bonchev–Trinajstić information content (AvgIpc) is 2.51. The molecule has 0 radical (unpaired) electrons. The summed E-state index contributed by atoms with van der Waals surface area (Å²) in [4.78, 5) is 12.4. The fourth-order valence-electron chi connectivity index (χ4n) is 3.29. The summed E-state index contributed by atoms with van der Waals surface area (Å²) in [5.74, 6) is 0.470. The van der Waals surface area contributed by atoms with Crippen molar-refractivity contribution in [1.29, 1.82) is 0 Å². The Morgan fingerprint density at radius 2 is 2.16 bits per heavy atom. The Balaban J connectivity index is 0.00000312. The van der Waals surface area contributed by atoms with Gasteiger partial charge in [0, 0.05) is 12.1 Å². The third kappa shape index (κ3) is 6.17. The monoisotopic (exact) mass is 370 g/mol. The van der Waals surface area contributed by atoms with Crippen LogP contribution in [-0.4, -0.2) is 29.2 Å². The molecule has 1 saturated carbocycles. The second kappa shape index (κ2) is 9.41. The first-order valence-corrected chi connectivity index (χ1v) is 8.81. The maximum Gasteiger partial charge on any atom is 0.225 e. The normalized spacial score (nSPS) is 24.3. The van der Waals surface area contributed by atoms with Gasteiger partial charge in [0.1, 0.15) is 5.75 Å². The highest BCUT2D eigenvalue weighted by molar-refractivity contribution is 5.85. The van der Waals surface area contributed by atoms with Crippen LogP contribution in [0.2, 0.25) is 0 Å². The van der Waals surface area contributed by atoms with Crippen molar-refractivity contribution in [3.8, 4) is 5.75 Å². The molecule has 0 saturated heterocycles. The van der Waals surface area contributed by atoms with E-state index in [-0.39, 0.29) is 36.9 Å². The van der Waals surface area contributed by atoms with E-state index in [0.29, 0.717) is 0 Å². The molecule has 1 fully saturated rings. The number of hydrogen-bond donors (Lipinski definition) is 3. The largest absolute Gasteiger partial charge is 0.491 e. The van der Waals surface area contributed by atoms with Crippen LogP contribution in [0, 0.1) is 5.92 Å². The van der Waals surface area contributed by atoms with Gasteiger partial charge in [-0.25, -0.2) is 0 Å². The van der Waals surface area contributed by atoms with Crippen molar-refractivity contribution in [3.05, 3.63) is 29.8 Å². The van der Waals surface area contributed by atoms with E-state index in [1.165, 1.54) is 0 Å². The number of amides is 1. The smallest absolute Gasteiger partial charge is 0.225 e. The summed E-state index contributed by atoms with van der Waals surface area (Å²) in [6.07, 6.45) is 3.08. The molecule has 0 bridgehead atoms. The Kier molecular flexibility index (Phi) is 8.19. The lowest BCUT2D eigenvalue weighted by atomic mass is 9.74. The minimum absolute atomic E-state index is 0. The molecule has 2 rings (SSSR count). The average molecular weight is 371 g/mol. The molecule has 0 heterocycles. The summed E-state index contributed by atoms with van der Waals surface area (Å²) in [7, 11) is 0. The van der Waals surface area contributed by atoms with E-state index in [1.807, 2.05) is 45.0 Å². The van der Waals surface area contributed by atoms with Crippen molar-refractivity contribution in [2.24, 2.45) is 11.7 Å². The summed E-state index contributed by atoms with van der Waals surface area (Å²) >= 11 is 0. The van der Waals surface area contributed by atoms with Crippen molar-refractivity contribution in [2.45, 2.75) is 64.2 Å². The summed E-state index contributed by atoms with van der Waals surface area (Å²) in [5, 5.41) is 13.2. The zero-order chi connectivity index (χ0) is 17.7. The zero-order valence-electron chi connectivity index (χ0n) is 15.3. The van der Waals surface area contributed by atoms with Crippen LogP contribution in [0.3, 0.4) is 0 Å². The third-order valence-electron chi connectivity index (χ3n) is 4.66. The van der Waals surface area contributed by atoms with Gasteiger partial charge in [-0.3, -0.25) is 4.79 Å². The fraction of sp³-hybridized carbons (Fsp3) is 0.632. The standard InChI is InChI=1S/C19H30N2O3.ClH/c1-13(2)24-15-8-6-7-14(11-15)17(22)12-21-18(23)16-9-4-5-10-19(16,3)20;/h6-8,11,13,16-17,22H,4-5,9-10,12,20H2,1-3H3,(H,21,23);1H. The van der Waals surface area contributed by atoms with Crippen LogP contribution in [0.25, 0.3) is 0 Å². The molecule has 4 N–H and O–H groups in total. The second-order valence-corrected chi connectivity index (χ2v) is 7.30. The van der Waals surface area contributed by atoms with Crippen LogP contribution in [0.4, 0.5) is 0 Å². The van der Waals surface area contributed by atoms with Gasteiger partial charge in [-0.1, -0.05) is 25.0 Å². The number of aliphatic hydroxyl groups excluding tert-OH is 1. The molecule has 1 aliphatic carbocycles. The second-order valence-electron chi connectivity index (χ2n) is 7.30. The van der Waals surface area contributed by atoms with Crippen LogP contribution in [0.15, 0.2) is 24.3 Å². The van der Waals surface area contributed by atoms with Crippen LogP contribution < -0.4 is 15.8 Å². The molecule has 0 aliphatic heterocycles. The van der Waals surface area contributed by atoms with Gasteiger partial charge in [0.25, 0.3) is 0 Å². The predicted octanol–water partition coefficient (Wildman–Crippen LogP) is 2.95. The van der Waals surface area contributed by atoms with Crippen molar-refractivity contribution >= 4 is 18.3 Å². The summed E-state index contributed by atoms with van der Waals surface area (Å²) in [5.41, 5.74) is 6.54. The Bertz CT molecular complexity index is 563. The molecule has 0 aromatic heterocycles. The first kappa shape index (κ1) is 21.7. The number of carbonyl (C=O) groups is 1. The lowest BCUT2D eigenvalue weighted by Gasteiger charge is -2.37. The zero-order valence-corrected chi connectivity index (χ0v) is 16.1. The predicted molar refractivity (Wildman–Crippen MR) is 102 cm³/mol. The van der Waals surface area contributed by atoms with Crippen molar-refractivity contribution < 1.29 is 14.6 Å². The maximum absolute atomic E-state index is 12.4. The summed E-state index contributed by atoms with van der Waals surface area (Å²) in [6.45, 7) is 6.03. The number of carbonyl (C=O) groups excluding carboxylic acids is 1. The SMILES string of the molecule is CC(C)Oc1cccc(C(O)CNC(=O)C2CCCCC2(C)N)c1.Cl. The number of rotatable bonds is 6. The minimum atomic E-state index is -0.766. The highest BCUT2D eigenvalue weighted by Crippen LogP contribution is 2.31. The van der Waals surface area contributed by atoms with E-state index in [0.717, 1.165) is 37.0 Å².